The van der Waals surface area contributed by atoms with Crippen molar-refractivity contribution in [1.29, 1.82) is 0 Å². The Bertz CT molecular complexity index is 1010. The number of carbonyl (C=O) groups is 1. The van der Waals surface area contributed by atoms with Crippen LogP contribution in [0.3, 0.4) is 0 Å². The number of hydrogen-bond donors (Lipinski definition) is 2. The fourth-order valence-corrected chi connectivity index (χ4v) is 3.20. The van der Waals surface area contributed by atoms with Gasteiger partial charge in [-0.05, 0) is 19.9 Å². The van der Waals surface area contributed by atoms with Crippen molar-refractivity contribution in [3.05, 3.63) is 29.7 Å². The first kappa shape index (κ1) is 31.0. The summed E-state index contributed by atoms with van der Waals surface area (Å²) in [4.78, 5) is 17.5. The summed E-state index contributed by atoms with van der Waals surface area (Å²) in [7, 11) is 1.37. The molecule has 0 saturated carbocycles. The lowest BCUT2D eigenvalue weighted by Crippen LogP contribution is -2.58. The van der Waals surface area contributed by atoms with Crippen LogP contribution in [0.25, 0.3) is 5.65 Å². The molecule has 1 aliphatic heterocycles. The minimum atomic E-state index is -4.57. The fraction of sp³-hybridized carbons (Fsp3) is 0.632. The van der Waals surface area contributed by atoms with Crippen LogP contribution in [-0.2, 0) is 9.47 Å². The number of methoxy groups -OCH3 is 1. The molecule has 3 N–H and O–H groups in total. The van der Waals surface area contributed by atoms with E-state index >= 15 is 0 Å². The van der Waals surface area contributed by atoms with Crippen molar-refractivity contribution in [3.8, 4) is 0 Å². The second kappa shape index (κ2) is 11.4. The number of rotatable bonds is 8. The lowest BCUT2D eigenvalue weighted by molar-refractivity contribution is -0.264. The van der Waals surface area contributed by atoms with Crippen LogP contribution in [0.1, 0.15) is 37.2 Å². The smallest absolute Gasteiger partial charge is 0.382 e. The first-order valence-corrected chi connectivity index (χ1v) is 9.97. The Morgan fingerprint density at radius 3 is 2.51 bits per heavy atom. The van der Waals surface area contributed by atoms with Gasteiger partial charge in [-0.3, -0.25) is 0 Å². The number of nitrogens with zero attached hydrogens (tertiary/aromatic N) is 4. The van der Waals surface area contributed by atoms with E-state index in [0.29, 0.717) is 5.56 Å². The van der Waals surface area contributed by atoms with Crippen molar-refractivity contribution < 1.29 is 36.2 Å². The Balaban J connectivity index is 0.00000306. The van der Waals surface area contributed by atoms with Gasteiger partial charge in [0.25, 0.3) is 5.92 Å². The van der Waals surface area contributed by atoms with Crippen molar-refractivity contribution in [2.45, 2.75) is 43.6 Å². The van der Waals surface area contributed by atoms with Gasteiger partial charge in [-0.2, -0.15) is 18.3 Å². The van der Waals surface area contributed by atoms with Gasteiger partial charge in [-0.25, -0.2) is 23.1 Å². The maximum atomic E-state index is 13.9. The van der Waals surface area contributed by atoms with Gasteiger partial charge >= 0.3 is 12.2 Å². The summed E-state index contributed by atoms with van der Waals surface area (Å²) in [5, 5.41) is 6.32. The highest BCUT2D eigenvalue weighted by Crippen LogP contribution is 2.33. The molecule has 2 atom stereocenters. The quantitative estimate of drug-likeness (QED) is 0.487. The van der Waals surface area contributed by atoms with Gasteiger partial charge in [0.1, 0.15) is 0 Å². The molecule has 1 aliphatic rings. The molecule has 35 heavy (non-hydrogen) atoms. The Morgan fingerprint density at radius 1 is 1.26 bits per heavy atom. The second-order valence-electron chi connectivity index (χ2n) is 8.30. The van der Waals surface area contributed by atoms with Gasteiger partial charge in [0.15, 0.2) is 11.2 Å². The molecule has 0 bridgehead atoms. The fourth-order valence-electron chi connectivity index (χ4n) is 3.20. The number of urea groups is 1. The lowest BCUT2D eigenvalue weighted by Gasteiger charge is -2.38. The number of amides is 2. The highest BCUT2D eigenvalue weighted by molar-refractivity contribution is 5.85. The number of fused-ring (bicyclic) bond motifs is 1. The van der Waals surface area contributed by atoms with E-state index in [1.54, 1.807) is 0 Å². The number of carbonyl (C=O) groups excluding carboxylic acids is 1. The Morgan fingerprint density at radius 2 is 1.91 bits per heavy atom. The van der Waals surface area contributed by atoms with Crippen molar-refractivity contribution in [2.24, 2.45) is 5.73 Å². The summed E-state index contributed by atoms with van der Waals surface area (Å²) in [5.74, 6) is -3.12. The van der Waals surface area contributed by atoms with Crippen molar-refractivity contribution >= 4 is 36.5 Å². The predicted molar refractivity (Wildman–Crippen MR) is 120 cm³/mol. The zero-order valence-corrected chi connectivity index (χ0v) is 20.6. The molecular formula is C19H27Cl2F5N6O3. The van der Waals surface area contributed by atoms with Crippen LogP contribution < -0.4 is 11.1 Å². The number of ether oxygens (including phenoxy) is 2. The van der Waals surface area contributed by atoms with E-state index in [2.05, 4.69) is 15.4 Å². The van der Waals surface area contributed by atoms with E-state index in [1.807, 2.05) is 0 Å². The molecule has 2 amide bonds. The molecule has 16 heteroatoms. The van der Waals surface area contributed by atoms with Gasteiger partial charge in [0, 0.05) is 12.7 Å². The van der Waals surface area contributed by atoms with Gasteiger partial charge in [0.05, 0.1) is 56.5 Å². The topological polar surface area (TPSA) is 107 Å². The van der Waals surface area contributed by atoms with Crippen LogP contribution in [0.4, 0.5) is 26.7 Å². The molecule has 200 valence electrons. The summed E-state index contributed by atoms with van der Waals surface area (Å²) < 4.78 is 78.1. The predicted octanol–water partition coefficient (Wildman–Crippen LogP) is 3.28. The Hall–Kier alpha value is -2.00. The lowest BCUT2D eigenvalue weighted by atomic mass is 10.1. The maximum Gasteiger partial charge on any atom is 0.416 e. The maximum absolute atomic E-state index is 13.9. The number of aromatic nitrogens is 3. The van der Waals surface area contributed by atoms with E-state index in [9.17, 15) is 26.7 Å². The Labute approximate surface area is 210 Å². The third-order valence-electron chi connectivity index (χ3n) is 5.29. The number of nitrogens with one attached hydrogen (secondary N) is 1. The van der Waals surface area contributed by atoms with E-state index < -0.39 is 55.5 Å². The largest absolute Gasteiger partial charge is 0.416 e. The summed E-state index contributed by atoms with van der Waals surface area (Å²) >= 11 is 0. The summed E-state index contributed by atoms with van der Waals surface area (Å²) in [5.41, 5.74) is 4.44. The SMILES string of the molecule is COC[C@H](c1cnn2cc([C@@H](N)COC(C)(C)C(F)(F)F)nc2c1)N1CC(F)(F)CNC1=O.Cl.Cl. The van der Waals surface area contributed by atoms with Crippen molar-refractivity contribution in [1.82, 2.24) is 24.8 Å². The van der Waals surface area contributed by atoms with E-state index in [0.717, 1.165) is 18.7 Å². The molecule has 0 radical (unpaired) electrons. The van der Waals surface area contributed by atoms with Gasteiger partial charge in [-0.1, -0.05) is 0 Å². The van der Waals surface area contributed by atoms with Crippen molar-refractivity contribution in [2.75, 3.05) is 33.4 Å². The van der Waals surface area contributed by atoms with Gasteiger partial charge in [-0.15, -0.1) is 24.8 Å². The van der Waals surface area contributed by atoms with Crippen LogP contribution in [-0.4, -0.2) is 76.6 Å². The van der Waals surface area contributed by atoms with E-state index in [1.165, 1.54) is 30.1 Å². The summed E-state index contributed by atoms with van der Waals surface area (Å²) in [6.07, 6.45) is -1.77. The van der Waals surface area contributed by atoms with E-state index in [-0.39, 0.29) is 42.8 Å². The second-order valence-corrected chi connectivity index (χ2v) is 8.30. The number of halogens is 7. The highest BCUT2D eigenvalue weighted by atomic mass is 35.5. The number of alkyl halides is 5. The van der Waals surface area contributed by atoms with E-state index in [4.69, 9.17) is 15.2 Å². The average Bonchev–Trinajstić information content (AvgIpc) is 3.15. The zero-order valence-electron chi connectivity index (χ0n) is 19.0. The van der Waals surface area contributed by atoms with Crippen LogP contribution in [0.5, 0.6) is 0 Å². The minimum Gasteiger partial charge on any atom is -0.382 e. The van der Waals surface area contributed by atoms with Crippen LogP contribution in [0.15, 0.2) is 18.5 Å². The first-order valence-electron chi connectivity index (χ1n) is 9.97. The molecule has 2 aromatic heterocycles. The molecule has 1 fully saturated rings. The molecule has 3 heterocycles. The number of imidazole rings is 1. The normalized spacial score (nSPS) is 17.9. The number of nitrogens with two attached hydrogens (primary N) is 1. The third-order valence-corrected chi connectivity index (χ3v) is 5.29. The number of hydrogen-bond acceptors (Lipinski definition) is 6. The molecule has 1 saturated heterocycles. The van der Waals surface area contributed by atoms with Gasteiger partial charge in [0.2, 0.25) is 0 Å². The molecule has 0 aliphatic carbocycles. The zero-order chi connectivity index (χ0) is 24.6. The van der Waals surface area contributed by atoms with Crippen molar-refractivity contribution in [3.63, 3.8) is 0 Å². The molecule has 3 rings (SSSR count). The molecular weight excluding hydrogens is 526 g/mol. The van der Waals surface area contributed by atoms with Crippen LogP contribution >= 0.6 is 24.8 Å². The average molecular weight is 553 g/mol. The molecule has 2 aromatic rings. The minimum absolute atomic E-state index is 0. The molecule has 0 spiro atoms. The monoisotopic (exact) mass is 552 g/mol. The Kier molecular flexibility index (Phi) is 10.1. The summed E-state index contributed by atoms with van der Waals surface area (Å²) in [6.45, 7) is -0.281. The summed E-state index contributed by atoms with van der Waals surface area (Å²) in [6, 6.07) is -0.993. The standard InChI is InChI=1S/C19H25F5N6O3.2ClH/c1-17(2,19(22,23)24)33-7-12(25)13-6-30-15(28-13)4-11(5-27-30)14(8-32-3)29-10-18(20,21)9-26-16(29)31;;/h4-6,12,14H,7-10,25H2,1-3H3,(H,26,31);2*1H/t12-,14+;;/m0../s1. The highest BCUT2D eigenvalue weighted by Gasteiger charge is 2.48. The molecule has 9 nitrogen and oxygen atoms in total. The molecule has 0 unspecified atom stereocenters. The van der Waals surface area contributed by atoms with Gasteiger partial charge < -0.3 is 25.4 Å². The van der Waals surface area contributed by atoms with Crippen LogP contribution in [0, 0.1) is 0 Å². The molecule has 0 aromatic carbocycles. The first-order chi connectivity index (χ1) is 15.2. The third kappa shape index (κ3) is 7.03. The van der Waals surface area contributed by atoms with Crippen LogP contribution in [0.2, 0.25) is 0 Å².